The summed E-state index contributed by atoms with van der Waals surface area (Å²) in [6.45, 7) is 4.06. The van der Waals surface area contributed by atoms with E-state index in [0.717, 1.165) is 5.56 Å². The van der Waals surface area contributed by atoms with Gasteiger partial charge in [0.2, 0.25) is 0 Å². The number of para-hydroxylation sites is 1. The molecule has 0 saturated heterocycles. The zero-order valence-corrected chi connectivity index (χ0v) is 13.3. The summed E-state index contributed by atoms with van der Waals surface area (Å²) in [5, 5.41) is 2.82. The molecule has 1 amide bonds. The van der Waals surface area contributed by atoms with Gasteiger partial charge in [-0.3, -0.25) is 4.79 Å². The van der Waals surface area contributed by atoms with Gasteiger partial charge in [0.05, 0.1) is 6.54 Å². The molecule has 5 heteroatoms. The van der Waals surface area contributed by atoms with Crippen molar-refractivity contribution in [1.82, 2.24) is 5.32 Å². The van der Waals surface area contributed by atoms with Gasteiger partial charge >= 0.3 is 0 Å². The molecule has 1 unspecified atom stereocenters. The van der Waals surface area contributed by atoms with Crippen molar-refractivity contribution in [1.29, 1.82) is 0 Å². The molecular formula is C18H21FN2O2. The van der Waals surface area contributed by atoms with Crippen LogP contribution in [0.3, 0.4) is 0 Å². The maximum Gasteiger partial charge on any atom is 0.251 e. The van der Waals surface area contributed by atoms with E-state index in [2.05, 4.69) is 5.32 Å². The van der Waals surface area contributed by atoms with Crippen LogP contribution in [0.2, 0.25) is 0 Å². The first kappa shape index (κ1) is 16.8. The summed E-state index contributed by atoms with van der Waals surface area (Å²) >= 11 is 0. The van der Waals surface area contributed by atoms with E-state index in [1.54, 1.807) is 36.4 Å². The number of nitrogen functional groups attached to an aromatic ring is 1. The molecule has 0 aromatic heterocycles. The number of carbonyl (C=O) groups excluding carboxylic acids is 1. The molecule has 0 aliphatic heterocycles. The lowest BCUT2D eigenvalue weighted by Gasteiger charge is -2.19. The number of benzene rings is 2. The Labute approximate surface area is 135 Å². The predicted octanol–water partition coefficient (Wildman–Crippen LogP) is 3.30. The van der Waals surface area contributed by atoms with Crippen LogP contribution >= 0.6 is 0 Å². The third-order valence-electron chi connectivity index (χ3n) is 3.58. The van der Waals surface area contributed by atoms with Gasteiger partial charge in [0.1, 0.15) is 6.10 Å². The minimum atomic E-state index is -0.413. The van der Waals surface area contributed by atoms with Crippen LogP contribution in [0.15, 0.2) is 42.5 Å². The molecule has 0 radical (unpaired) electrons. The quantitative estimate of drug-likeness (QED) is 0.804. The number of hydrogen-bond acceptors (Lipinski definition) is 3. The van der Waals surface area contributed by atoms with Gasteiger partial charge in [0.25, 0.3) is 5.91 Å². The molecule has 2 rings (SSSR count). The summed E-state index contributed by atoms with van der Waals surface area (Å²) in [7, 11) is 0. The summed E-state index contributed by atoms with van der Waals surface area (Å²) in [6, 6.07) is 11.4. The highest BCUT2D eigenvalue weighted by molar-refractivity contribution is 5.96. The monoisotopic (exact) mass is 316 g/mol. The molecule has 0 spiro atoms. The Kier molecular flexibility index (Phi) is 5.57. The van der Waals surface area contributed by atoms with Gasteiger partial charge in [-0.1, -0.05) is 25.1 Å². The minimum Gasteiger partial charge on any atom is -0.486 e. The van der Waals surface area contributed by atoms with Crippen molar-refractivity contribution in [3.63, 3.8) is 0 Å². The molecular weight excluding hydrogens is 295 g/mol. The van der Waals surface area contributed by atoms with Crippen LogP contribution in [0.25, 0.3) is 0 Å². The molecule has 0 bridgehead atoms. The van der Waals surface area contributed by atoms with Crippen molar-refractivity contribution in [3.05, 3.63) is 59.4 Å². The number of aryl methyl sites for hydroxylation is 1. The van der Waals surface area contributed by atoms with E-state index in [-0.39, 0.29) is 24.3 Å². The zero-order valence-electron chi connectivity index (χ0n) is 13.3. The van der Waals surface area contributed by atoms with E-state index in [4.69, 9.17) is 10.5 Å². The van der Waals surface area contributed by atoms with Crippen LogP contribution in [0, 0.1) is 12.7 Å². The molecule has 23 heavy (non-hydrogen) atoms. The number of carbonyl (C=O) groups is 1. The Morgan fingerprint density at radius 2 is 2.04 bits per heavy atom. The van der Waals surface area contributed by atoms with E-state index >= 15 is 0 Å². The summed E-state index contributed by atoms with van der Waals surface area (Å²) in [5.41, 5.74) is 7.64. The molecule has 0 heterocycles. The first-order valence-corrected chi connectivity index (χ1v) is 7.56. The number of nitrogens with one attached hydrogen (secondary N) is 1. The van der Waals surface area contributed by atoms with Crippen molar-refractivity contribution in [2.45, 2.75) is 26.4 Å². The van der Waals surface area contributed by atoms with E-state index in [0.29, 0.717) is 17.7 Å². The Hall–Kier alpha value is -2.56. The number of rotatable bonds is 6. The predicted molar refractivity (Wildman–Crippen MR) is 89.0 cm³/mol. The largest absolute Gasteiger partial charge is 0.486 e. The topological polar surface area (TPSA) is 64.4 Å². The van der Waals surface area contributed by atoms with E-state index in [1.807, 2.05) is 13.8 Å². The number of amides is 1. The highest BCUT2D eigenvalue weighted by Gasteiger charge is 2.14. The fourth-order valence-corrected chi connectivity index (χ4v) is 2.18. The minimum absolute atomic E-state index is 0.189. The Morgan fingerprint density at radius 1 is 1.30 bits per heavy atom. The van der Waals surface area contributed by atoms with Crippen LogP contribution < -0.4 is 15.8 Å². The number of halogens is 1. The third-order valence-corrected chi connectivity index (χ3v) is 3.58. The molecule has 0 aliphatic rings. The molecule has 122 valence electrons. The van der Waals surface area contributed by atoms with Crippen LogP contribution in [0.5, 0.6) is 5.75 Å². The van der Waals surface area contributed by atoms with Crippen LogP contribution in [-0.4, -0.2) is 18.6 Å². The smallest absolute Gasteiger partial charge is 0.251 e. The van der Waals surface area contributed by atoms with Gasteiger partial charge in [-0.15, -0.1) is 0 Å². The molecule has 2 aromatic carbocycles. The average molecular weight is 316 g/mol. The molecule has 0 fully saturated rings. The second-order valence-electron chi connectivity index (χ2n) is 5.36. The lowest BCUT2D eigenvalue weighted by Crippen LogP contribution is -2.35. The third kappa shape index (κ3) is 4.45. The summed E-state index contributed by atoms with van der Waals surface area (Å²) in [6.07, 6.45) is 0.335. The number of ether oxygens (including phenoxy) is 1. The second-order valence-corrected chi connectivity index (χ2v) is 5.36. The molecule has 0 saturated carbocycles. The zero-order chi connectivity index (χ0) is 16.8. The maximum atomic E-state index is 13.6. The second kappa shape index (κ2) is 7.63. The molecule has 3 N–H and O–H groups in total. The van der Waals surface area contributed by atoms with Crippen LogP contribution in [-0.2, 0) is 0 Å². The number of hydrogen-bond donors (Lipinski definition) is 2. The lowest BCUT2D eigenvalue weighted by atomic mass is 10.1. The summed E-state index contributed by atoms with van der Waals surface area (Å²) in [5.74, 6) is -0.442. The van der Waals surface area contributed by atoms with Crippen molar-refractivity contribution in [2.24, 2.45) is 0 Å². The van der Waals surface area contributed by atoms with E-state index < -0.39 is 5.82 Å². The van der Waals surface area contributed by atoms with Crippen molar-refractivity contribution in [3.8, 4) is 5.75 Å². The number of nitrogens with two attached hydrogens (primary N) is 1. The van der Waals surface area contributed by atoms with Gasteiger partial charge in [0, 0.05) is 11.3 Å². The Balaban J connectivity index is 1.99. The van der Waals surface area contributed by atoms with Crippen molar-refractivity contribution in [2.75, 3.05) is 12.3 Å². The molecule has 2 aromatic rings. The fourth-order valence-electron chi connectivity index (χ4n) is 2.18. The van der Waals surface area contributed by atoms with Gasteiger partial charge in [-0.2, -0.15) is 0 Å². The normalized spacial score (nSPS) is 11.8. The van der Waals surface area contributed by atoms with Crippen LogP contribution in [0.1, 0.15) is 29.3 Å². The lowest BCUT2D eigenvalue weighted by molar-refractivity contribution is 0.0924. The van der Waals surface area contributed by atoms with Crippen LogP contribution in [0.4, 0.5) is 10.1 Å². The number of anilines is 1. The summed E-state index contributed by atoms with van der Waals surface area (Å²) < 4.78 is 19.2. The fraction of sp³-hybridized carbons (Fsp3) is 0.278. The SMILES string of the molecule is CCC(CNC(=O)c1cc(N)ccc1C)Oc1ccccc1F. The highest BCUT2D eigenvalue weighted by atomic mass is 19.1. The average Bonchev–Trinajstić information content (AvgIpc) is 2.55. The molecule has 0 aliphatic carbocycles. The first-order chi connectivity index (χ1) is 11.0. The van der Waals surface area contributed by atoms with E-state index in [9.17, 15) is 9.18 Å². The Bertz CT molecular complexity index is 688. The van der Waals surface area contributed by atoms with Crippen molar-refractivity contribution >= 4 is 11.6 Å². The van der Waals surface area contributed by atoms with Crippen molar-refractivity contribution < 1.29 is 13.9 Å². The van der Waals surface area contributed by atoms with E-state index in [1.165, 1.54) is 6.07 Å². The molecule has 1 atom stereocenters. The summed E-state index contributed by atoms with van der Waals surface area (Å²) in [4.78, 5) is 12.3. The van der Waals surface area contributed by atoms with Gasteiger partial charge < -0.3 is 15.8 Å². The standard InChI is InChI=1S/C18H21FN2O2/c1-3-14(23-17-7-5-4-6-16(17)19)11-21-18(22)15-10-13(20)9-8-12(15)2/h4-10,14H,3,11,20H2,1-2H3,(H,21,22). The maximum absolute atomic E-state index is 13.6. The molecule has 4 nitrogen and oxygen atoms in total. The Morgan fingerprint density at radius 3 is 2.74 bits per heavy atom. The van der Waals surface area contributed by atoms with Gasteiger partial charge in [-0.05, 0) is 43.2 Å². The van der Waals surface area contributed by atoms with Gasteiger partial charge in [-0.25, -0.2) is 4.39 Å². The first-order valence-electron chi connectivity index (χ1n) is 7.56. The van der Waals surface area contributed by atoms with Gasteiger partial charge in [0.15, 0.2) is 11.6 Å². The highest BCUT2D eigenvalue weighted by Crippen LogP contribution is 2.18.